The van der Waals surface area contributed by atoms with Crippen LogP contribution in [0.4, 0.5) is 17.1 Å². The fourth-order valence-electron chi connectivity index (χ4n) is 7.97. The summed E-state index contributed by atoms with van der Waals surface area (Å²) < 4.78 is 16.0. The van der Waals surface area contributed by atoms with Gasteiger partial charge < -0.3 is 13.7 Å². The van der Waals surface area contributed by atoms with Crippen LogP contribution >= 0.6 is 11.3 Å². The summed E-state index contributed by atoms with van der Waals surface area (Å²) >= 11 is 1.84. The first kappa shape index (κ1) is 29.1. The Balaban J connectivity index is 1.25. The van der Waals surface area contributed by atoms with Crippen molar-refractivity contribution in [3.8, 4) is 22.3 Å². The molecule has 3 aromatic heterocycles. The molecule has 0 atom stereocenters. The van der Waals surface area contributed by atoms with Gasteiger partial charge in [-0.1, -0.05) is 121 Å². The van der Waals surface area contributed by atoms with Crippen molar-refractivity contribution in [3.05, 3.63) is 176 Å². The SMILES string of the molecule is c1ccc(-c2ccc(N(c3ccc4sc5cccc(-c6ccccc6)c5c4c3)c3cccc4c3oc3ccccc34)c3c2oc2ccccc23)cc1. The highest BCUT2D eigenvalue weighted by atomic mass is 32.1. The molecule has 244 valence electrons. The summed E-state index contributed by atoms with van der Waals surface area (Å²) in [5.74, 6) is 0. The second kappa shape index (κ2) is 11.5. The fourth-order valence-corrected chi connectivity index (χ4v) is 9.08. The van der Waals surface area contributed by atoms with Crippen molar-refractivity contribution < 1.29 is 8.83 Å². The van der Waals surface area contributed by atoms with Crippen molar-refractivity contribution in [3.63, 3.8) is 0 Å². The maximum absolute atomic E-state index is 6.77. The summed E-state index contributed by atoms with van der Waals surface area (Å²) in [6, 6.07) is 62.3. The molecule has 0 saturated heterocycles. The van der Waals surface area contributed by atoms with Gasteiger partial charge >= 0.3 is 0 Å². The van der Waals surface area contributed by atoms with Crippen LogP contribution in [0.25, 0.3) is 86.3 Å². The largest absolute Gasteiger partial charge is 0.455 e. The molecular formula is C48H29NO2S. The van der Waals surface area contributed by atoms with Gasteiger partial charge in [0.25, 0.3) is 0 Å². The molecule has 0 N–H and O–H groups in total. The fraction of sp³-hybridized carbons (Fsp3) is 0. The maximum atomic E-state index is 6.77. The molecule has 0 aliphatic carbocycles. The van der Waals surface area contributed by atoms with Crippen LogP contribution in [0, 0.1) is 0 Å². The van der Waals surface area contributed by atoms with Crippen LogP contribution in [-0.2, 0) is 0 Å². The molecule has 0 spiro atoms. The van der Waals surface area contributed by atoms with Crippen LogP contribution in [0.3, 0.4) is 0 Å². The van der Waals surface area contributed by atoms with Crippen molar-refractivity contribution in [1.29, 1.82) is 0 Å². The molecule has 3 heterocycles. The van der Waals surface area contributed by atoms with Gasteiger partial charge in [0.1, 0.15) is 16.7 Å². The Bertz CT molecular complexity index is 3130. The van der Waals surface area contributed by atoms with Gasteiger partial charge in [-0.25, -0.2) is 0 Å². The Hall–Kier alpha value is -6.62. The minimum Gasteiger partial charge on any atom is -0.455 e. The van der Waals surface area contributed by atoms with E-state index in [0.717, 1.165) is 72.1 Å². The summed E-state index contributed by atoms with van der Waals surface area (Å²) in [7, 11) is 0. The average Bonchev–Trinajstić information content (AvgIpc) is 3.91. The molecule has 0 aliphatic rings. The Morgan fingerprint density at radius 1 is 0.385 bits per heavy atom. The van der Waals surface area contributed by atoms with Crippen molar-refractivity contribution >= 4 is 92.4 Å². The minimum atomic E-state index is 0.844. The lowest BCUT2D eigenvalue weighted by Gasteiger charge is -2.27. The zero-order valence-corrected chi connectivity index (χ0v) is 28.7. The first-order valence-electron chi connectivity index (χ1n) is 17.5. The number of hydrogen-bond acceptors (Lipinski definition) is 4. The highest BCUT2D eigenvalue weighted by molar-refractivity contribution is 7.26. The van der Waals surface area contributed by atoms with E-state index in [1.54, 1.807) is 0 Å². The van der Waals surface area contributed by atoms with E-state index in [9.17, 15) is 0 Å². The minimum absolute atomic E-state index is 0.844. The van der Waals surface area contributed by atoms with Crippen LogP contribution < -0.4 is 4.90 Å². The normalized spacial score (nSPS) is 11.8. The predicted molar refractivity (Wildman–Crippen MR) is 219 cm³/mol. The van der Waals surface area contributed by atoms with E-state index in [-0.39, 0.29) is 0 Å². The van der Waals surface area contributed by atoms with Gasteiger partial charge in [0.2, 0.25) is 0 Å². The Morgan fingerprint density at radius 3 is 1.85 bits per heavy atom. The van der Waals surface area contributed by atoms with Crippen molar-refractivity contribution in [1.82, 2.24) is 0 Å². The zero-order chi connectivity index (χ0) is 34.2. The van der Waals surface area contributed by atoms with E-state index in [0.29, 0.717) is 0 Å². The molecule has 0 aliphatic heterocycles. The number of anilines is 3. The molecule has 0 radical (unpaired) electrons. The van der Waals surface area contributed by atoms with Crippen LogP contribution in [0.5, 0.6) is 0 Å². The number of nitrogens with zero attached hydrogens (tertiary/aromatic N) is 1. The molecule has 8 aromatic carbocycles. The van der Waals surface area contributed by atoms with E-state index in [4.69, 9.17) is 8.83 Å². The molecule has 4 heteroatoms. The zero-order valence-electron chi connectivity index (χ0n) is 27.9. The summed E-state index contributed by atoms with van der Waals surface area (Å²) in [5, 5.41) is 6.82. The van der Waals surface area contributed by atoms with Crippen LogP contribution in [0.15, 0.2) is 185 Å². The summed E-state index contributed by atoms with van der Waals surface area (Å²) in [4.78, 5) is 2.37. The van der Waals surface area contributed by atoms with Gasteiger partial charge in [0.15, 0.2) is 5.58 Å². The summed E-state index contributed by atoms with van der Waals surface area (Å²) in [6.45, 7) is 0. The molecule has 0 saturated carbocycles. The van der Waals surface area contributed by atoms with E-state index in [2.05, 4.69) is 169 Å². The molecule has 3 nitrogen and oxygen atoms in total. The second-order valence-corrected chi connectivity index (χ2v) is 14.3. The lowest BCUT2D eigenvalue weighted by molar-refractivity contribution is 0.668. The van der Waals surface area contributed by atoms with Gasteiger partial charge in [0, 0.05) is 47.6 Å². The second-order valence-electron chi connectivity index (χ2n) is 13.2. The molecule has 11 aromatic rings. The maximum Gasteiger partial charge on any atom is 0.159 e. The molecule has 0 unspecified atom stereocenters. The molecular weight excluding hydrogens is 655 g/mol. The van der Waals surface area contributed by atoms with Crippen LogP contribution in [0.2, 0.25) is 0 Å². The topological polar surface area (TPSA) is 29.5 Å². The van der Waals surface area contributed by atoms with Crippen LogP contribution in [0.1, 0.15) is 0 Å². The van der Waals surface area contributed by atoms with E-state index >= 15 is 0 Å². The first-order valence-corrected chi connectivity index (χ1v) is 18.3. The predicted octanol–water partition coefficient (Wildman–Crippen LogP) is 14.7. The van der Waals surface area contributed by atoms with Gasteiger partial charge in [-0.3, -0.25) is 0 Å². The van der Waals surface area contributed by atoms with Gasteiger partial charge in [0.05, 0.1) is 16.8 Å². The van der Waals surface area contributed by atoms with E-state index in [1.165, 1.54) is 31.3 Å². The Morgan fingerprint density at radius 2 is 1.04 bits per heavy atom. The van der Waals surface area contributed by atoms with Crippen molar-refractivity contribution in [2.45, 2.75) is 0 Å². The van der Waals surface area contributed by atoms with E-state index < -0.39 is 0 Å². The molecule has 0 bridgehead atoms. The smallest absolute Gasteiger partial charge is 0.159 e. The summed E-state index contributed by atoms with van der Waals surface area (Å²) in [5.41, 5.74) is 11.1. The third kappa shape index (κ3) is 4.38. The van der Waals surface area contributed by atoms with Crippen molar-refractivity contribution in [2.75, 3.05) is 4.90 Å². The standard InChI is InChI=1S/C48H29NO2S/c1-3-13-30(14-4-1)33-19-12-24-44-45(33)38-29-32(25-28-43(38)52-44)49(40-21-11-20-36-35-17-7-9-22-41(35)50-47(36)40)39-27-26-34(31-15-5-2-6-16-31)48-46(39)37-18-8-10-23-42(37)51-48/h1-29H. The van der Waals surface area contributed by atoms with Gasteiger partial charge in [-0.2, -0.15) is 0 Å². The van der Waals surface area contributed by atoms with Crippen molar-refractivity contribution in [2.24, 2.45) is 0 Å². The highest BCUT2D eigenvalue weighted by Gasteiger charge is 2.25. The van der Waals surface area contributed by atoms with Gasteiger partial charge in [-0.15, -0.1) is 11.3 Å². The third-order valence-electron chi connectivity index (χ3n) is 10.3. The number of hydrogen-bond donors (Lipinski definition) is 0. The van der Waals surface area contributed by atoms with Gasteiger partial charge in [-0.05, 0) is 71.3 Å². The lowest BCUT2D eigenvalue weighted by Crippen LogP contribution is -2.10. The first-order chi connectivity index (χ1) is 25.8. The lowest BCUT2D eigenvalue weighted by atomic mass is 9.98. The van der Waals surface area contributed by atoms with E-state index in [1.807, 2.05) is 23.5 Å². The molecule has 52 heavy (non-hydrogen) atoms. The summed E-state index contributed by atoms with van der Waals surface area (Å²) in [6.07, 6.45) is 0. The number of para-hydroxylation sites is 3. The number of furan rings is 2. The number of benzene rings is 8. The Kier molecular flexibility index (Phi) is 6.42. The third-order valence-corrected chi connectivity index (χ3v) is 11.4. The monoisotopic (exact) mass is 683 g/mol. The molecule has 0 fully saturated rings. The molecule has 11 rings (SSSR count). The Labute approximate surface area is 303 Å². The highest BCUT2D eigenvalue weighted by Crippen LogP contribution is 2.50. The number of rotatable bonds is 5. The van der Waals surface area contributed by atoms with Crippen LogP contribution in [-0.4, -0.2) is 0 Å². The average molecular weight is 684 g/mol. The molecule has 0 amide bonds. The quantitative estimate of drug-likeness (QED) is 0.181. The number of fused-ring (bicyclic) bond motifs is 9. The number of thiophene rings is 1.